The third kappa shape index (κ3) is 4.47. The van der Waals surface area contributed by atoms with E-state index in [0.717, 1.165) is 18.0 Å². The van der Waals surface area contributed by atoms with E-state index in [-0.39, 0.29) is 5.75 Å². The molecule has 0 saturated heterocycles. The second kappa shape index (κ2) is 5.08. The summed E-state index contributed by atoms with van der Waals surface area (Å²) in [4.78, 5) is 0. The molecule has 100 valence electrons. The average molecular weight is 259 g/mol. The van der Waals surface area contributed by atoms with E-state index in [0.29, 0.717) is 6.04 Å². The van der Waals surface area contributed by atoms with Crippen molar-refractivity contribution in [1.82, 2.24) is 0 Å². The number of nitrogens with one attached hydrogen (secondary N) is 1. The molecular formula is C13H16F3NO. The summed E-state index contributed by atoms with van der Waals surface area (Å²) >= 11 is 0. The Morgan fingerprint density at radius 2 is 1.89 bits per heavy atom. The van der Waals surface area contributed by atoms with Gasteiger partial charge in [-0.15, -0.1) is 13.2 Å². The van der Waals surface area contributed by atoms with Gasteiger partial charge in [0.2, 0.25) is 0 Å². The maximum atomic E-state index is 12.0. The molecule has 5 heteroatoms. The van der Waals surface area contributed by atoms with Crippen LogP contribution in [0, 0.1) is 5.92 Å². The minimum absolute atomic E-state index is 0.192. The number of halogens is 3. The first kappa shape index (κ1) is 13.1. The van der Waals surface area contributed by atoms with Crippen LogP contribution in [0.3, 0.4) is 0 Å². The third-order valence-corrected chi connectivity index (χ3v) is 2.88. The lowest BCUT2D eigenvalue weighted by molar-refractivity contribution is -0.274. The van der Waals surface area contributed by atoms with Crippen molar-refractivity contribution in [3.8, 4) is 5.75 Å². The van der Waals surface area contributed by atoms with Crippen LogP contribution in [0.4, 0.5) is 18.9 Å². The number of ether oxygens (including phenoxy) is 1. The van der Waals surface area contributed by atoms with Gasteiger partial charge in [0.05, 0.1) is 0 Å². The van der Waals surface area contributed by atoms with Crippen LogP contribution in [0.1, 0.15) is 26.2 Å². The molecule has 1 aromatic rings. The van der Waals surface area contributed by atoms with E-state index in [9.17, 15) is 13.2 Å². The molecule has 2 nitrogen and oxygen atoms in total. The molecule has 1 fully saturated rings. The Balaban J connectivity index is 1.86. The Kier molecular flexibility index (Phi) is 3.68. The molecular weight excluding hydrogens is 243 g/mol. The van der Waals surface area contributed by atoms with Crippen LogP contribution in [0.25, 0.3) is 0 Å². The van der Waals surface area contributed by atoms with Gasteiger partial charge < -0.3 is 10.1 Å². The van der Waals surface area contributed by atoms with Crippen molar-refractivity contribution >= 4 is 5.69 Å². The minimum atomic E-state index is -4.63. The second-order valence-electron chi connectivity index (χ2n) is 4.80. The van der Waals surface area contributed by atoms with Gasteiger partial charge in [0.15, 0.2) is 0 Å². The molecule has 1 aliphatic rings. The summed E-state index contributed by atoms with van der Waals surface area (Å²) in [6.07, 6.45) is -0.927. The summed E-state index contributed by atoms with van der Waals surface area (Å²) < 4.78 is 39.7. The molecule has 0 amide bonds. The van der Waals surface area contributed by atoms with Crippen LogP contribution in [0.15, 0.2) is 24.3 Å². The van der Waals surface area contributed by atoms with Crippen LogP contribution >= 0.6 is 0 Å². The van der Waals surface area contributed by atoms with Gasteiger partial charge in [-0.05, 0) is 43.5 Å². The smallest absolute Gasteiger partial charge is 0.406 e. The number of hydrogen-bond acceptors (Lipinski definition) is 2. The highest BCUT2D eigenvalue weighted by molar-refractivity contribution is 5.47. The lowest BCUT2D eigenvalue weighted by atomic mass is 10.1. The summed E-state index contributed by atoms with van der Waals surface area (Å²) in [5.74, 6) is 0.628. The lowest BCUT2D eigenvalue weighted by Gasteiger charge is -2.15. The zero-order valence-electron chi connectivity index (χ0n) is 10.1. The number of rotatable bonds is 5. The first-order chi connectivity index (χ1) is 8.42. The van der Waals surface area contributed by atoms with Crippen LogP contribution < -0.4 is 10.1 Å². The van der Waals surface area contributed by atoms with Crippen molar-refractivity contribution in [2.45, 2.75) is 38.6 Å². The van der Waals surface area contributed by atoms with Gasteiger partial charge in [0, 0.05) is 11.7 Å². The van der Waals surface area contributed by atoms with E-state index >= 15 is 0 Å². The van der Waals surface area contributed by atoms with Gasteiger partial charge >= 0.3 is 6.36 Å². The highest BCUT2D eigenvalue weighted by Gasteiger charge is 2.31. The van der Waals surface area contributed by atoms with E-state index in [4.69, 9.17) is 0 Å². The zero-order chi connectivity index (χ0) is 13.2. The molecule has 0 radical (unpaired) electrons. The standard InChI is InChI=1S/C13H16F3NO/c1-9(8-10-2-3-10)17-11-4-6-12(7-5-11)18-13(14,15)16/h4-7,9-10,17H,2-3,8H2,1H3. The zero-order valence-corrected chi connectivity index (χ0v) is 10.1. The molecule has 0 spiro atoms. The molecule has 1 atom stereocenters. The molecule has 18 heavy (non-hydrogen) atoms. The fourth-order valence-corrected chi connectivity index (χ4v) is 1.95. The van der Waals surface area contributed by atoms with Crippen LogP contribution in [-0.4, -0.2) is 12.4 Å². The fraction of sp³-hybridized carbons (Fsp3) is 0.538. The van der Waals surface area contributed by atoms with Crippen LogP contribution in [0.5, 0.6) is 5.75 Å². The van der Waals surface area contributed by atoms with E-state index in [1.807, 2.05) is 0 Å². The van der Waals surface area contributed by atoms with Gasteiger partial charge in [-0.1, -0.05) is 12.8 Å². The maximum Gasteiger partial charge on any atom is 0.573 e. The summed E-state index contributed by atoms with van der Waals surface area (Å²) in [6, 6.07) is 6.18. The first-order valence-corrected chi connectivity index (χ1v) is 6.05. The summed E-state index contributed by atoms with van der Waals surface area (Å²) in [5.41, 5.74) is 0.817. The van der Waals surface area contributed by atoms with Gasteiger partial charge in [-0.3, -0.25) is 0 Å². The third-order valence-electron chi connectivity index (χ3n) is 2.88. The van der Waals surface area contributed by atoms with Crippen molar-refractivity contribution in [2.24, 2.45) is 5.92 Å². The first-order valence-electron chi connectivity index (χ1n) is 6.05. The number of hydrogen-bond donors (Lipinski definition) is 1. The quantitative estimate of drug-likeness (QED) is 0.856. The van der Waals surface area contributed by atoms with E-state index < -0.39 is 6.36 Å². The second-order valence-corrected chi connectivity index (χ2v) is 4.80. The van der Waals surface area contributed by atoms with Gasteiger partial charge in [0.25, 0.3) is 0 Å². The van der Waals surface area contributed by atoms with Crippen molar-refractivity contribution in [2.75, 3.05) is 5.32 Å². The minimum Gasteiger partial charge on any atom is -0.406 e. The molecule has 0 heterocycles. The Labute approximate surface area is 104 Å². The van der Waals surface area contributed by atoms with E-state index in [1.165, 1.54) is 25.0 Å². The molecule has 1 unspecified atom stereocenters. The predicted molar refractivity (Wildman–Crippen MR) is 63.6 cm³/mol. The van der Waals surface area contributed by atoms with Gasteiger partial charge in [-0.2, -0.15) is 0 Å². The molecule has 0 aliphatic heterocycles. The summed E-state index contributed by atoms with van der Waals surface area (Å²) in [6.45, 7) is 2.08. The Morgan fingerprint density at radius 3 is 2.39 bits per heavy atom. The van der Waals surface area contributed by atoms with Crippen LogP contribution in [-0.2, 0) is 0 Å². The fourth-order valence-electron chi connectivity index (χ4n) is 1.95. The SMILES string of the molecule is CC(CC1CC1)Nc1ccc(OC(F)(F)F)cc1. The topological polar surface area (TPSA) is 21.3 Å². The van der Waals surface area contributed by atoms with Gasteiger partial charge in [0.1, 0.15) is 5.75 Å². The molecule has 1 saturated carbocycles. The molecule has 1 aliphatic carbocycles. The molecule has 2 rings (SSSR count). The highest BCUT2D eigenvalue weighted by Crippen LogP contribution is 2.34. The van der Waals surface area contributed by atoms with E-state index in [2.05, 4.69) is 17.0 Å². The maximum absolute atomic E-state index is 12.0. The molecule has 0 bridgehead atoms. The highest BCUT2D eigenvalue weighted by atomic mass is 19.4. The molecule has 1 aromatic carbocycles. The Bertz CT molecular complexity index is 384. The molecule has 1 N–H and O–H groups in total. The Hall–Kier alpha value is -1.39. The largest absolute Gasteiger partial charge is 0.573 e. The predicted octanol–water partition coefficient (Wildman–Crippen LogP) is 4.19. The van der Waals surface area contributed by atoms with Crippen molar-refractivity contribution in [3.05, 3.63) is 24.3 Å². The lowest BCUT2D eigenvalue weighted by Crippen LogP contribution is -2.17. The van der Waals surface area contributed by atoms with Gasteiger partial charge in [-0.25, -0.2) is 0 Å². The number of alkyl halides is 3. The van der Waals surface area contributed by atoms with E-state index in [1.54, 1.807) is 12.1 Å². The number of anilines is 1. The Morgan fingerprint density at radius 1 is 1.28 bits per heavy atom. The van der Waals surface area contributed by atoms with Crippen molar-refractivity contribution in [1.29, 1.82) is 0 Å². The number of benzene rings is 1. The molecule has 0 aromatic heterocycles. The summed E-state index contributed by atoms with van der Waals surface area (Å²) in [7, 11) is 0. The van der Waals surface area contributed by atoms with Crippen LogP contribution in [0.2, 0.25) is 0 Å². The van der Waals surface area contributed by atoms with Crippen molar-refractivity contribution in [3.63, 3.8) is 0 Å². The normalized spacial score (nSPS) is 17.3. The summed E-state index contributed by atoms with van der Waals surface area (Å²) in [5, 5.41) is 3.27. The average Bonchev–Trinajstić information content (AvgIpc) is 3.02. The van der Waals surface area contributed by atoms with Crippen molar-refractivity contribution < 1.29 is 17.9 Å². The monoisotopic (exact) mass is 259 g/mol.